The van der Waals surface area contributed by atoms with Crippen LogP contribution in [0.1, 0.15) is 13.8 Å². The van der Waals surface area contributed by atoms with Crippen LogP contribution in [0.4, 0.5) is 5.69 Å². The third-order valence-corrected chi connectivity index (χ3v) is 5.75. The fourth-order valence-corrected chi connectivity index (χ4v) is 4.34. The van der Waals surface area contributed by atoms with Crippen LogP contribution in [0.25, 0.3) is 0 Å². The molecule has 0 N–H and O–H groups in total. The van der Waals surface area contributed by atoms with E-state index in [4.69, 9.17) is 9.05 Å². The molecule has 1 unspecified atom stereocenters. The highest BCUT2D eigenvalue weighted by Crippen LogP contribution is 2.39. The SMILES string of the molecule is CCOP(CS(=O)c1ccc([N+](=O)[O-])cc1)OCC. The Bertz CT molecular complexity index is 433. The zero-order chi connectivity index (χ0) is 14.3. The zero-order valence-electron chi connectivity index (χ0n) is 10.8. The van der Waals surface area contributed by atoms with E-state index in [0.29, 0.717) is 18.1 Å². The Morgan fingerprint density at radius 2 is 1.74 bits per heavy atom. The highest BCUT2D eigenvalue weighted by atomic mass is 32.2. The average molecular weight is 305 g/mol. The summed E-state index contributed by atoms with van der Waals surface area (Å²) in [6.07, 6.45) is 0. The Hall–Kier alpha value is -0.880. The minimum atomic E-state index is -1.28. The van der Waals surface area contributed by atoms with Crippen molar-refractivity contribution in [3.05, 3.63) is 34.4 Å². The molecule has 106 valence electrons. The highest BCUT2D eigenvalue weighted by Gasteiger charge is 2.16. The smallest absolute Gasteiger partial charge is 0.269 e. The van der Waals surface area contributed by atoms with Gasteiger partial charge in [0.05, 0.1) is 34.4 Å². The monoisotopic (exact) mass is 305 g/mol. The van der Waals surface area contributed by atoms with Crippen LogP contribution in [0.15, 0.2) is 29.2 Å². The fraction of sp³-hybridized carbons (Fsp3) is 0.455. The van der Waals surface area contributed by atoms with Crippen molar-refractivity contribution in [2.45, 2.75) is 18.7 Å². The molecule has 0 aliphatic carbocycles. The van der Waals surface area contributed by atoms with Crippen molar-refractivity contribution in [3.63, 3.8) is 0 Å². The molecule has 1 rings (SSSR count). The Labute approximate surface area is 115 Å². The Kier molecular flexibility index (Phi) is 7.09. The molecule has 19 heavy (non-hydrogen) atoms. The molecule has 0 bridgehead atoms. The van der Waals surface area contributed by atoms with Crippen molar-refractivity contribution < 1.29 is 18.2 Å². The summed E-state index contributed by atoms with van der Waals surface area (Å²) in [5, 5.41) is 10.5. The van der Waals surface area contributed by atoms with Crippen LogP contribution >= 0.6 is 8.38 Å². The van der Waals surface area contributed by atoms with Crippen LogP contribution in [0, 0.1) is 10.1 Å². The number of benzene rings is 1. The van der Waals surface area contributed by atoms with Crippen molar-refractivity contribution in [1.29, 1.82) is 0 Å². The first kappa shape index (κ1) is 16.2. The summed E-state index contributed by atoms with van der Waals surface area (Å²) < 4.78 is 22.8. The van der Waals surface area contributed by atoms with Gasteiger partial charge in [-0.1, -0.05) is 0 Å². The van der Waals surface area contributed by atoms with Crippen molar-refractivity contribution >= 4 is 24.9 Å². The molecule has 1 aromatic carbocycles. The summed E-state index contributed by atoms with van der Waals surface area (Å²) in [6.45, 7) is 4.71. The predicted octanol–water partition coefficient (Wildman–Crippen LogP) is 3.04. The van der Waals surface area contributed by atoms with Crippen LogP contribution in [-0.2, 0) is 19.8 Å². The van der Waals surface area contributed by atoms with E-state index in [0.717, 1.165) is 0 Å². The fourth-order valence-electron chi connectivity index (χ4n) is 1.29. The molecule has 0 amide bonds. The van der Waals surface area contributed by atoms with Gasteiger partial charge in [0.15, 0.2) is 8.38 Å². The summed E-state index contributed by atoms with van der Waals surface area (Å²) in [7, 11) is -2.46. The largest absolute Gasteiger partial charge is 0.334 e. The number of nitro groups is 1. The Morgan fingerprint density at radius 3 is 2.16 bits per heavy atom. The lowest BCUT2D eigenvalue weighted by molar-refractivity contribution is -0.384. The first-order valence-electron chi connectivity index (χ1n) is 5.74. The van der Waals surface area contributed by atoms with Gasteiger partial charge in [0, 0.05) is 17.0 Å². The van der Waals surface area contributed by atoms with E-state index < -0.39 is 24.1 Å². The van der Waals surface area contributed by atoms with Crippen LogP contribution in [-0.4, -0.2) is 27.8 Å². The number of hydrogen-bond donors (Lipinski definition) is 0. The van der Waals surface area contributed by atoms with Crippen LogP contribution in [0.2, 0.25) is 0 Å². The van der Waals surface area contributed by atoms with Crippen molar-refractivity contribution in [2.75, 3.05) is 18.7 Å². The molecule has 0 spiro atoms. The number of non-ortho nitro benzene ring substituents is 1. The second-order valence-electron chi connectivity index (χ2n) is 3.39. The summed E-state index contributed by atoms with van der Waals surface area (Å²) in [5.41, 5.74) is 0.257. The van der Waals surface area contributed by atoms with Crippen molar-refractivity contribution in [3.8, 4) is 0 Å². The number of nitro benzene ring substituents is 1. The molecule has 0 heterocycles. The molecule has 0 fully saturated rings. The lowest BCUT2D eigenvalue weighted by Crippen LogP contribution is -2.02. The van der Waals surface area contributed by atoms with E-state index >= 15 is 0 Å². The van der Waals surface area contributed by atoms with E-state index in [-0.39, 0.29) is 11.2 Å². The molecular weight excluding hydrogens is 289 g/mol. The van der Waals surface area contributed by atoms with Gasteiger partial charge in [0.25, 0.3) is 5.69 Å². The average Bonchev–Trinajstić information content (AvgIpc) is 2.39. The predicted molar refractivity (Wildman–Crippen MR) is 74.5 cm³/mol. The molecule has 0 radical (unpaired) electrons. The van der Waals surface area contributed by atoms with Gasteiger partial charge in [-0.2, -0.15) is 0 Å². The minimum Gasteiger partial charge on any atom is -0.334 e. The molecule has 0 aliphatic rings. The molecule has 0 aliphatic heterocycles. The summed E-state index contributed by atoms with van der Waals surface area (Å²) in [4.78, 5) is 10.6. The van der Waals surface area contributed by atoms with Gasteiger partial charge in [0.1, 0.15) is 0 Å². The maximum absolute atomic E-state index is 12.1. The first-order valence-corrected chi connectivity index (χ1v) is 8.42. The molecule has 8 heteroatoms. The molecular formula is C11H16NO5PS. The van der Waals surface area contributed by atoms with E-state index in [1.54, 1.807) is 0 Å². The van der Waals surface area contributed by atoms with Gasteiger partial charge in [-0.15, -0.1) is 0 Å². The van der Waals surface area contributed by atoms with E-state index in [2.05, 4.69) is 0 Å². The second kappa shape index (κ2) is 8.32. The minimum absolute atomic E-state index is 0.0161. The summed E-state index contributed by atoms with van der Waals surface area (Å²) >= 11 is 0. The van der Waals surface area contributed by atoms with Crippen molar-refractivity contribution in [1.82, 2.24) is 0 Å². The second-order valence-corrected chi connectivity index (χ2v) is 6.77. The topological polar surface area (TPSA) is 78.7 Å². The maximum Gasteiger partial charge on any atom is 0.269 e. The number of nitrogens with zero attached hydrogens (tertiary/aromatic N) is 1. The van der Waals surface area contributed by atoms with Crippen LogP contribution in [0.5, 0.6) is 0 Å². The third-order valence-electron chi connectivity index (χ3n) is 2.08. The molecule has 1 aromatic rings. The lowest BCUT2D eigenvalue weighted by Gasteiger charge is -2.14. The van der Waals surface area contributed by atoms with Gasteiger partial charge in [-0.25, -0.2) is 0 Å². The number of rotatable bonds is 8. The molecule has 6 nitrogen and oxygen atoms in total. The first-order chi connectivity index (χ1) is 9.08. The Morgan fingerprint density at radius 1 is 1.21 bits per heavy atom. The van der Waals surface area contributed by atoms with Crippen molar-refractivity contribution in [2.24, 2.45) is 0 Å². The maximum atomic E-state index is 12.1. The quantitative estimate of drug-likeness (QED) is 0.419. The van der Waals surface area contributed by atoms with E-state index in [1.807, 2.05) is 13.8 Å². The summed E-state index contributed by atoms with van der Waals surface area (Å²) in [5.74, 6) is 0. The van der Waals surface area contributed by atoms with Gasteiger partial charge in [-0.05, 0) is 26.0 Å². The van der Waals surface area contributed by atoms with E-state index in [1.165, 1.54) is 24.3 Å². The normalized spacial score (nSPS) is 12.6. The van der Waals surface area contributed by atoms with Gasteiger partial charge < -0.3 is 9.05 Å². The van der Waals surface area contributed by atoms with Gasteiger partial charge in [-0.3, -0.25) is 14.3 Å². The third kappa shape index (κ3) is 5.32. The van der Waals surface area contributed by atoms with Crippen LogP contribution in [0.3, 0.4) is 0 Å². The van der Waals surface area contributed by atoms with Gasteiger partial charge >= 0.3 is 0 Å². The highest BCUT2D eigenvalue weighted by molar-refractivity contribution is 7.91. The number of hydrogen-bond acceptors (Lipinski definition) is 5. The molecule has 0 saturated heterocycles. The zero-order valence-corrected chi connectivity index (χ0v) is 12.5. The summed E-state index contributed by atoms with van der Waals surface area (Å²) in [6, 6.07) is 5.69. The Balaban J connectivity index is 2.68. The molecule has 0 aromatic heterocycles. The standard InChI is InChI=1S/C11H16NO5PS/c1-3-16-18(17-4-2)9-19(15)11-7-5-10(6-8-11)12(13)14/h5-8H,3-4,9H2,1-2H3. The molecule has 0 saturated carbocycles. The molecule has 1 atom stereocenters. The van der Waals surface area contributed by atoms with Crippen LogP contribution < -0.4 is 0 Å². The lowest BCUT2D eigenvalue weighted by atomic mass is 10.3. The van der Waals surface area contributed by atoms with Gasteiger partial charge in [0.2, 0.25) is 0 Å². The van der Waals surface area contributed by atoms with E-state index in [9.17, 15) is 14.3 Å².